The molecule has 2 rings (SSSR count). The number of benzene rings is 2. The van der Waals surface area contributed by atoms with E-state index in [9.17, 15) is 0 Å². The zero-order valence-corrected chi connectivity index (χ0v) is 14.4. The summed E-state index contributed by atoms with van der Waals surface area (Å²) in [5.74, 6) is 0. The van der Waals surface area contributed by atoms with Crippen molar-refractivity contribution in [1.29, 1.82) is 0 Å². The Hall–Kier alpha value is -1.12. The van der Waals surface area contributed by atoms with Gasteiger partial charge in [-0.25, -0.2) is 0 Å². The maximum absolute atomic E-state index is 3.57. The molecule has 106 valence electrons. The van der Waals surface area contributed by atoms with Crippen LogP contribution >= 0.6 is 15.9 Å². The number of halogens is 1. The highest BCUT2D eigenvalue weighted by Gasteiger charge is 2.19. The van der Waals surface area contributed by atoms with Gasteiger partial charge in [-0.2, -0.15) is 0 Å². The summed E-state index contributed by atoms with van der Waals surface area (Å²) in [6.45, 7) is 8.83. The molecule has 0 radical (unpaired) electrons. The first-order valence-corrected chi connectivity index (χ1v) is 7.75. The Kier molecular flexibility index (Phi) is 4.66. The lowest BCUT2D eigenvalue weighted by Crippen LogP contribution is -2.20. The Morgan fingerprint density at radius 3 is 2.05 bits per heavy atom. The number of nitrogens with one attached hydrogen (secondary N) is 1. The standard InChI is InChI=1S/C18H22BrN/c1-11-9-12(2)14(4)17(13(11)3)18(20-5)15-7-6-8-16(19)10-15/h6-10,18,20H,1-5H3. The first-order valence-electron chi connectivity index (χ1n) is 6.95. The van der Waals surface area contributed by atoms with Crippen molar-refractivity contribution >= 4 is 15.9 Å². The zero-order chi connectivity index (χ0) is 14.9. The van der Waals surface area contributed by atoms with Crippen molar-refractivity contribution in [2.24, 2.45) is 0 Å². The molecule has 0 aliphatic rings. The van der Waals surface area contributed by atoms with E-state index in [2.05, 4.69) is 79.3 Å². The molecule has 2 aromatic rings. The summed E-state index contributed by atoms with van der Waals surface area (Å²) in [5.41, 5.74) is 8.18. The van der Waals surface area contributed by atoms with E-state index in [1.807, 2.05) is 7.05 Å². The molecule has 0 aromatic heterocycles. The topological polar surface area (TPSA) is 12.0 Å². The molecule has 1 nitrogen and oxygen atoms in total. The summed E-state index contributed by atoms with van der Waals surface area (Å²) < 4.78 is 1.12. The van der Waals surface area contributed by atoms with Crippen LogP contribution in [-0.4, -0.2) is 7.05 Å². The van der Waals surface area contributed by atoms with Gasteiger partial charge >= 0.3 is 0 Å². The Morgan fingerprint density at radius 1 is 0.950 bits per heavy atom. The number of hydrogen-bond donors (Lipinski definition) is 1. The van der Waals surface area contributed by atoms with Crippen molar-refractivity contribution in [3.63, 3.8) is 0 Å². The van der Waals surface area contributed by atoms with Gasteiger partial charge in [0.15, 0.2) is 0 Å². The van der Waals surface area contributed by atoms with Crippen molar-refractivity contribution < 1.29 is 0 Å². The minimum absolute atomic E-state index is 0.228. The zero-order valence-electron chi connectivity index (χ0n) is 12.8. The van der Waals surface area contributed by atoms with Gasteiger partial charge in [-0.3, -0.25) is 0 Å². The van der Waals surface area contributed by atoms with Crippen LogP contribution in [0.15, 0.2) is 34.8 Å². The third kappa shape index (κ3) is 2.82. The molecule has 0 amide bonds. The maximum Gasteiger partial charge on any atom is 0.0580 e. The van der Waals surface area contributed by atoms with E-state index in [-0.39, 0.29) is 6.04 Å². The van der Waals surface area contributed by atoms with Crippen LogP contribution in [-0.2, 0) is 0 Å². The lowest BCUT2D eigenvalue weighted by Gasteiger charge is -2.24. The average Bonchev–Trinajstić information content (AvgIpc) is 2.41. The quantitative estimate of drug-likeness (QED) is 0.835. The fraction of sp³-hybridized carbons (Fsp3) is 0.333. The average molecular weight is 332 g/mol. The van der Waals surface area contributed by atoms with Gasteiger partial charge in [0.1, 0.15) is 0 Å². The van der Waals surface area contributed by atoms with Gasteiger partial charge in [0.2, 0.25) is 0 Å². The molecular formula is C18H22BrN. The summed E-state index contributed by atoms with van der Waals surface area (Å²) in [5, 5.41) is 3.48. The first kappa shape index (κ1) is 15.3. The van der Waals surface area contributed by atoms with Gasteiger partial charge in [-0.05, 0) is 80.3 Å². The Bertz CT molecular complexity index is 605. The first-order chi connectivity index (χ1) is 9.45. The van der Waals surface area contributed by atoms with Crippen molar-refractivity contribution in [2.75, 3.05) is 7.05 Å². The van der Waals surface area contributed by atoms with E-state index in [0.717, 1.165) is 4.47 Å². The minimum Gasteiger partial charge on any atom is -0.309 e. The fourth-order valence-corrected chi connectivity index (χ4v) is 3.26. The monoisotopic (exact) mass is 331 g/mol. The van der Waals surface area contributed by atoms with Crippen LogP contribution in [0.5, 0.6) is 0 Å². The summed E-state index contributed by atoms with van der Waals surface area (Å²) in [6.07, 6.45) is 0. The molecule has 2 heteroatoms. The van der Waals surface area contributed by atoms with Crippen LogP contribution in [0.25, 0.3) is 0 Å². The highest BCUT2D eigenvalue weighted by Crippen LogP contribution is 2.32. The van der Waals surface area contributed by atoms with Crippen LogP contribution in [0.4, 0.5) is 0 Å². The second-order valence-electron chi connectivity index (χ2n) is 5.45. The number of rotatable bonds is 3. The summed E-state index contributed by atoms with van der Waals surface area (Å²) in [7, 11) is 2.03. The van der Waals surface area contributed by atoms with E-state index < -0.39 is 0 Å². The van der Waals surface area contributed by atoms with Gasteiger partial charge in [-0.1, -0.05) is 34.1 Å². The number of hydrogen-bond acceptors (Lipinski definition) is 1. The molecular weight excluding hydrogens is 310 g/mol. The van der Waals surface area contributed by atoms with Gasteiger partial charge < -0.3 is 5.32 Å². The summed E-state index contributed by atoms with van der Waals surface area (Å²) >= 11 is 3.57. The molecule has 0 fully saturated rings. The SMILES string of the molecule is CNC(c1cccc(Br)c1)c1c(C)c(C)cc(C)c1C. The van der Waals surface area contributed by atoms with E-state index >= 15 is 0 Å². The molecule has 20 heavy (non-hydrogen) atoms. The fourth-order valence-electron chi connectivity index (χ4n) is 2.84. The predicted molar refractivity (Wildman–Crippen MR) is 90.4 cm³/mol. The second-order valence-corrected chi connectivity index (χ2v) is 6.37. The molecule has 0 saturated heterocycles. The normalized spacial score (nSPS) is 12.5. The Labute approximate surface area is 130 Å². The van der Waals surface area contributed by atoms with E-state index in [1.54, 1.807) is 0 Å². The van der Waals surface area contributed by atoms with Crippen molar-refractivity contribution in [1.82, 2.24) is 5.32 Å². The van der Waals surface area contributed by atoms with Crippen molar-refractivity contribution in [3.05, 3.63) is 68.2 Å². The van der Waals surface area contributed by atoms with Gasteiger partial charge in [-0.15, -0.1) is 0 Å². The molecule has 0 heterocycles. The highest BCUT2D eigenvalue weighted by molar-refractivity contribution is 9.10. The van der Waals surface area contributed by atoms with E-state index in [0.29, 0.717) is 0 Å². The largest absolute Gasteiger partial charge is 0.309 e. The molecule has 0 aliphatic carbocycles. The number of aryl methyl sites for hydroxylation is 2. The van der Waals surface area contributed by atoms with Gasteiger partial charge in [0.25, 0.3) is 0 Å². The molecule has 0 spiro atoms. The van der Waals surface area contributed by atoms with Crippen molar-refractivity contribution in [2.45, 2.75) is 33.7 Å². The summed E-state index contributed by atoms with van der Waals surface area (Å²) in [4.78, 5) is 0. The van der Waals surface area contributed by atoms with Crippen LogP contribution in [0.1, 0.15) is 39.4 Å². The van der Waals surface area contributed by atoms with Gasteiger partial charge in [0, 0.05) is 4.47 Å². The Balaban J connectivity index is 2.64. The second kappa shape index (κ2) is 6.11. The molecule has 1 N–H and O–H groups in total. The predicted octanol–water partition coefficient (Wildman–Crippen LogP) is 4.99. The van der Waals surface area contributed by atoms with Crippen LogP contribution in [0.2, 0.25) is 0 Å². The highest BCUT2D eigenvalue weighted by atomic mass is 79.9. The lowest BCUT2D eigenvalue weighted by atomic mass is 9.87. The molecule has 2 aromatic carbocycles. The van der Waals surface area contributed by atoms with Crippen molar-refractivity contribution in [3.8, 4) is 0 Å². The van der Waals surface area contributed by atoms with Crippen LogP contribution < -0.4 is 5.32 Å². The van der Waals surface area contributed by atoms with Gasteiger partial charge in [0.05, 0.1) is 6.04 Å². The third-order valence-electron chi connectivity index (χ3n) is 4.18. The Morgan fingerprint density at radius 2 is 1.55 bits per heavy atom. The third-order valence-corrected chi connectivity index (χ3v) is 4.68. The van der Waals surface area contributed by atoms with E-state index in [1.165, 1.54) is 33.4 Å². The molecule has 0 aliphatic heterocycles. The van der Waals surface area contributed by atoms with Crippen LogP contribution in [0, 0.1) is 27.7 Å². The molecule has 0 saturated carbocycles. The lowest BCUT2D eigenvalue weighted by molar-refractivity contribution is 0.681. The summed E-state index contributed by atoms with van der Waals surface area (Å²) in [6, 6.07) is 11.0. The molecule has 1 unspecified atom stereocenters. The molecule has 1 atom stereocenters. The van der Waals surface area contributed by atoms with E-state index in [4.69, 9.17) is 0 Å². The minimum atomic E-state index is 0.228. The molecule has 0 bridgehead atoms. The maximum atomic E-state index is 3.57. The smallest absolute Gasteiger partial charge is 0.0580 e. The van der Waals surface area contributed by atoms with Crippen LogP contribution in [0.3, 0.4) is 0 Å².